The second kappa shape index (κ2) is 8.68. The summed E-state index contributed by atoms with van der Waals surface area (Å²) < 4.78 is 32.0. The molecule has 0 amide bonds. The molecule has 10 heteroatoms. The van der Waals surface area contributed by atoms with Gasteiger partial charge in [0.15, 0.2) is 10.9 Å². The molecule has 7 nitrogen and oxygen atoms in total. The summed E-state index contributed by atoms with van der Waals surface area (Å²) in [7, 11) is 0. The zero-order valence-electron chi connectivity index (χ0n) is 16.1. The van der Waals surface area contributed by atoms with Gasteiger partial charge < -0.3 is 4.74 Å². The summed E-state index contributed by atoms with van der Waals surface area (Å²) >= 11 is 1.17. The molecule has 4 aromatic rings. The largest absolute Gasteiger partial charge is 0.435 e. The standard InChI is InChI=1S/C21H16F2N4O3S/c1-2-11-26-18(29)15-5-3-4-6-16(15)27-20(26)24-25-21(27)31-12-17(28)13-7-9-14(10-8-13)30-19(22)23/h2-10,19H,1,11-12H2. The third kappa shape index (κ3) is 4.06. The number of alkyl halides is 2. The number of ether oxygens (including phenoxy) is 1. The highest BCUT2D eigenvalue weighted by atomic mass is 32.2. The van der Waals surface area contributed by atoms with Crippen molar-refractivity contribution in [3.63, 3.8) is 0 Å². The van der Waals surface area contributed by atoms with Crippen LogP contribution in [0, 0.1) is 0 Å². The maximum absolute atomic E-state index is 12.8. The van der Waals surface area contributed by atoms with Crippen molar-refractivity contribution in [3.05, 3.63) is 77.1 Å². The predicted octanol–water partition coefficient (Wildman–Crippen LogP) is 3.81. The molecule has 0 aliphatic heterocycles. The van der Waals surface area contributed by atoms with Crippen molar-refractivity contribution in [1.82, 2.24) is 19.2 Å². The van der Waals surface area contributed by atoms with Gasteiger partial charge in [0.2, 0.25) is 5.78 Å². The van der Waals surface area contributed by atoms with Crippen LogP contribution in [0.25, 0.3) is 16.7 Å². The van der Waals surface area contributed by atoms with Crippen molar-refractivity contribution >= 4 is 34.2 Å². The van der Waals surface area contributed by atoms with Crippen molar-refractivity contribution in [2.24, 2.45) is 0 Å². The van der Waals surface area contributed by atoms with Gasteiger partial charge in [-0.15, -0.1) is 16.8 Å². The molecular weight excluding hydrogens is 426 g/mol. The maximum Gasteiger partial charge on any atom is 0.387 e. The van der Waals surface area contributed by atoms with E-state index in [-0.39, 0.29) is 29.4 Å². The fourth-order valence-corrected chi connectivity index (χ4v) is 3.99. The fraction of sp³-hybridized carbons (Fsp3) is 0.143. The summed E-state index contributed by atoms with van der Waals surface area (Å²) in [6.07, 6.45) is 1.60. The van der Waals surface area contributed by atoms with Gasteiger partial charge in [0.25, 0.3) is 5.56 Å². The first-order valence-electron chi connectivity index (χ1n) is 9.18. The Morgan fingerprint density at radius 1 is 1.16 bits per heavy atom. The predicted molar refractivity (Wildman–Crippen MR) is 113 cm³/mol. The summed E-state index contributed by atoms with van der Waals surface area (Å²) in [5.41, 5.74) is 0.793. The number of carbonyl (C=O) groups excluding carboxylic acids is 1. The van der Waals surface area contributed by atoms with E-state index in [1.165, 1.54) is 40.6 Å². The lowest BCUT2D eigenvalue weighted by Crippen LogP contribution is -2.22. The van der Waals surface area contributed by atoms with Crippen LogP contribution >= 0.6 is 11.8 Å². The van der Waals surface area contributed by atoms with Crippen LogP contribution in [-0.4, -0.2) is 37.3 Å². The Bertz CT molecular complexity index is 1330. The molecule has 0 fully saturated rings. The summed E-state index contributed by atoms with van der Waals surface area (Å²) in [6, 6.07) is 12.6. The molecule has 0 saturated carbocycles. The number of benzene rings is 2. The Kier molecular flexibility index (Phi) is 5.81. The van der Waals surface area contributed by atoms with E-state index in [2.05, 4.69) is 21.5 Å². The number of nitrogens with zero attached hydrogens (tertiary/aromatic N) is 4. The van der Waals surface area contributed by atoms with Crippen LogP contribution in [0.4, 0.5) is 8.78 Å². The molecule has 0 N–H and O–H groups in total. The van der Waals surface area contributed by atoms with E-state index in [1.807, 2.05) is 6.07 Å². The third-order valence-electron chi connectivity index (χ3n) is 4.52. The van der Waals surface area contributed by atoms with E-state index in [0.717, 1.165) is 0 Å². The second-order valence-corrected chi connectivity index (χ2v) is 7.40. The van der Waals surface area contributed by atoms with Crippen LogP contribution in [0.5, 0.6) is 5.75 Å². The van der Waals surface area contributed by atoms with Crippen LogP contribution in [0.3, 0.4) is 0 Å². The van der Waals surface area contributed by atoms with Crippen LogP contribution < -0.4 is 10.3 Å². The third-order valence-corrected chi connectivity index (χ3v) is 5.45. The van der Waals surface area contributed by atoms with E-state index in [0.29, 0.717) is 27.4 Å². The number of hydrogen-bond donors (Lipinski definition) is 0. The minimum absolute atomic E-state index is 0.0192. The Morgan fingerprint density at radius 3 is 2.61 bits per heavy atom. The number of rotatable bonds is 8. The summed E-state index contributed by atoms with van der Waals surface area (Å²) in [5, 5.41) is 9.27. The monoisotopic (exact) mass is 442 g/mol. The number of fused-ring (bicyclic) bond motifs is 3. The van der Waals surface area contributed by atoms with Crippen molar-refractivity contribution in [1.29, 1.82) is 0 Å². The van der Waals surface area contributed by atoms with Crippen molar-refractivity contribution in [2.75, 3.05) is 5.75 Å². The van der Waals surface area contributed by atoms with E-state index >= 15 is 0 Å². The molecule has 0 aliphatic carbocycles. The van der Waals surface area contributed by atoms with E-state index < -0.39 is 6.61 Å². The first kappa shape index (κ1) is 20.7. The molecule has 0 saturated heterocycles. The lowest BCUT2D eigenvalue weighted by molar-refractivity contribution is -0.0498. The topological polar surface area (TPSA) is 78.5 Å². The fourth-order valence-electron chi connectivity index (χ4n) is 3.16. The smallest absolute Gasteiger partial charge is 0.387 e. The minimum Gasteiger partial charge on any atom is -0.435 e. The molecule has 31 heavy (non-hydrogen) atoms. The van der Waals surface area contributed by atoms with Gasteiger partial charge in [-0.05, 0) is 36.4 Å². The zero-order chi connectivity index (χ0) is 22.0. The van der Waals surface area contributed by atoms with Crippen LogP contribution in [0.2, 0.25) is 0 Å². The number of hydrogen-bond acceptors (Lipinski definition) is 6. The van der Waals surface area contributed by atoms with Gasteiger partial charge in [-0.3, -0.25) is 18.6 Å². The van der Waals surface area contributed by atoms with E-state index in [9.17, 15) is 18.4 Å². The highest BCUT2D eigenvalue weighted by Gasteiger charge is 2.17. The molecular formula is C21H16F2N4O3S. The molecule has 0 radical (unpaired) electrons. The Hall–Kier alpha value is -3.53. The Morgan fingerprint density at radius 2 is 1.90 bits per heavy atom. The SMILES string of the molecule is C=CCn1c(=O)c2ccccc2n2c(SCC(=O)c3ccc(OC(F)F)cc3)nnc12. The number of ketones is 1. The van der Waals surface area contributed by atoms with E-state index in [1.54, 1.807) is 28.7 Å². The average molecular weight is 442 g/mol. The number of allylic oxidation sites excluding steroid dienone is 1. The molecule has 0 bridgehead atoms. The lowest BCUT2D eigenvalue weighted by Gasteiger charge is -2.09. The first-order chi connectivity index (χ1) is 15.0. The van der Waals surface area contributed by atoms with Crippen LogP contribution in [-0.2, 0) is 6.54 Å². The molecule has 158 valence electrons. The van der Waals surface area contributed by atoms with Crippen LogP contribution in [0.15, 0.2) is 71.1 Å². The van der Waals surface area contributed by atoms with Crippen LogP contribution in [0.1, 0.15) is 10.4 Å². The molecule has 2 aromatic carbocycles. The highest BCUT2D eigenvalue weighted by molar-refractivity contribution is 7.99. The average Bonchev–Trinajstić information content (AvgIpc) is 3.19. The van der Waals surface area contributed by atoms with Gasteiger partial charge in [0.05, 0.1) is 16.7 Å². The number of Topliss-reactive ketones (excluding diaryl/α,β-unsaturated/α-hetero) is 1. The van der Waals surface area contributed by atoms with Gasteiger partial charge in [-0.1, -0.05) is 30.0 Å². The van der Waals surface area contributed by atoms with Gasteiger partial charge in [-0.2, -0.15) is 8.78 Å². The number of aromatic nitrogens is 4. The number of carbonyl (C=O) groups is 1. The van der Waals surface area contributed by atoms with Crippen molar-refractivity contribution < 1.29 is 18.3 Å². The first-order valence-corrected chi connectivity index (χ1v) is 10.2. The molecule has 2 aromatic heterocycles. The number of para-hydroxylation sites is 1. The number of halogens is 2. The van der Waals surface area contributed by atoms with Crippen molar-refractivity contribution in [2.45, 2.75) is 18.3 Å². The Labute approximate surface area is 179 Å². The Balaban J connectivity index is 1.64. The van der Waals surface area contributed by atoms with Gasteiger partial charge in [0, 0.05) is 12.1 Å². The quantitative estimate of drug-likeness (QED) is 0.235. The summed E-state index contributed by atoms with van der Waals surface area (Å²) in [4.78, 5) is 25.4. The summed E-state index contributed by atoms with van der Waals surface area (Å²) in [6.45, 7) is 1.03. The minimum atomic E-state index is -2.92. The zero-order valence-corrected chi connectivity index (χ0v) is 16.9. The molecule has 0 aliphatic rings. The van der Waals surface area contributed by atoms with Gasteiger partial charge in [0.1, 0.15) is 5.75 Å². The molecule has 0 unspecified atom stereocenters. The molecule has 4 rings (SSSR count). The van der Waals surface area contributed by atoms with E-state index in [4.69, 9.17) is 0 Å². The lowest BCUT2D eigenvalue weighted by atomic mass is 10.1. The van der Waals surface area contributed by atoms with Gasteiger partial charge in [-0.25, -0.2) is 0 Å². The van der Waals surface area contributed by atoms with Crippen molar-refractivity contribution in [3.8, 4) is 5.75 Å². The number of thioether (sulfide) groups is 1. The highest BCUT2D eigenvalue weighted by Crippen LogP contribution is 2.23. The molecule has 0 atom stereocenters. The summed E-state index contributed by atoms with van der Waals surface area (Å²) in [5.74, 6) is 0.167. The molecule has 2 heterocycles. The second-order valence-electron chi connectivity index (χ2n) is 6.45. The maximum atomic E-state index is 12.8. The van der Waals surface area contributed by atoms with Gasteiger partial charge >= 0.3 is 6.61 Å². The molecule has 0 spiro atoms. The normalized spacial score (nSPS) is 11.3.